The van der Waals surface area contributed by atoms with Crippen LogP contribution in [0.25, 0.3) is 22.5 Å². The minimum absolute atomic E-state index is 0.0181. The SMILES string of the molecule is Cc1ccc(-c2c(-c3ccc4c(c3)CN(C(CCC(=O)OC(C)(C)C)C(N)=O)C4=O)nnn2C)cc1. The third kappa shape index (κ3) is 5.15. The Morgan fingerprint density at radius 1 is 1.11 bits per heavy atom. The van der Waals surface area contributed by atoms with E-state index in [0.717, 1.165) is 27.9 Å². The summed E-state index contributed by atoms with van der Waals surface area (Å²) in [6.45, 7) is 7.56. The van der Waals surface area contributed by atoms with Gasteiger partial charge < -0.3 is 15.4 Å². The molecule has 0 aliphatic carbocycles. The lowest BCUT2D eigenvalue weighted by atomic mass is 10.00. The van der Waals surface area contributed by atoms with E-state index < -0.39 is 23.5 Å². The molecule has 4 rings (SSSR count). The van der Waals surface area contributed by atoms with Gasteiger partial charge in [0.05, 0.1) is 5.69 Å². The molecule has 2 aromatic carbocycles. The molecule has 188 valence electrons. The molecule has 1 aliphatic heterocycles. The van der Waals surface area contributed by atoms with Gasteiger partial charge in [0.1, 0.15) is 17.3 Å². The predicted octanol–water partition coefficient (Wildman–Crippen LogP) is 3.39. The maximum Gasteiger partial charge on any atom is 0.306 e. The smallest absolute Gasteiger partial charge is 0.306 e. The van der Waals surface area contributed by atoms with Crippen LogP contribution in [0.5, 0.6) is 0 Å². The lowest BCUT2D eigenvalue weighted by Gasteiger charge is -2.25. The van der Waals surface area contributed by atoms with E-state index in [2.05, 4.69) is 10.3 Å². The Balaban J connectivity index is 1.58. The summed E-state index contributed by atoms with van der Waals surface area (Å²) in [5.41, 5.74) is 10.8. The molecule has 0 spiro atoms. The van der Waals surface area contributed by atoms with Gasteiger partial charge in [-0.2, -0.15) is 0 Å². The van der Waals surface area contributed by atoms with E-state index in [-0.39, 0.29) is 25.3 Å². The summed E-state index contributed by atoms with van der Waals surface area (Å²) in [6, 6.07) is 12.7. The van der Waals surface area contributed by atoms with Gasteiger partial charge >= 0.3 is 5.97 Å². The van der Waals surface area contributed by atoms with E-state index in [0.29, 0.717) is 11.3 Å². The van der Waals surface area contributed by atoms with Gasteiger partial charge in [-0.05, 0) is 51.8 Å². The van der Waals surface area contributed by atoms with Crippen molar-refractivity contribution >= 4 is 17.8 Å². The van der Waals surface area contributed by atoms with Gasteiger partial charge in [-0.3, -0.25) is 14.4 Å². The number of fused-ring (bicyclic) bond motifs is 1. The second-order valence-electron chi connectivity index (χ2n) is 10.1. The number of benzene rings is 2. The summed E-state index contributed by atoms with van der Waals surface area (Å²) in [5, 5.41) is 8.60. The Hall–Kier alpha value is -4.01. The van der Waals surface area contributed by atoms with Crippen molar-refractivity contribution in [2.45, 2.75) is 58.7 Å². The number of hydrogen-bond donors (Lipinski definition) is 1. The molecule has 0 bridgehead atoms. The average molecular weight is 490 g/mol. The van der Waals surface area contributed by atoms with Crippen LogP contribution in [0.3, 0.4) is 0 Å². The molecule has 1 atom stereocenters. The number of amides is 2. The number of esters is 1. The first-order valence-corrected chi connectivity index (χ1v) is 11.9. The molecule has 9 heteroatoms. The zero-order valence-electron chi connectivity index (χ0n) is 21.2. The molecule has 1 aromatic heterocycles. The molecule has 0 fully saturated rings. The Bertz CT molecular complexity index is 1320. The highest BCUT2D eigenvalue weighted by atomic mass is 16.6. The Kier molecular flexibility index (Phi) is 6.67. The molecule has 3 aromatic rings. The fourth-order valence-corrected chi connectivity index (χ4v) is 4.43. The van der Waals surface area contributed by atoms with Crippen LogP contribution in [0.1, 0.15) is 55.1 Å². The van der Waals surface area contributed by atoms with Crippen LogP contribution in [0.4, 0.5) is 0 Å². The van der Waals surface area contributed by atoms with E-state index in [1.807, 2.05) is 50.4 Å². The van der Waals surface area contributed by atoms with Gasteiger partial charge in [-0.1, -0.05) is 41.1 Å². The van der Waals surface area contributed by atoms with Crippen molar-refractivity contribution in [3.63, 3.8) is 0 Å². The molecule has 1 unspecified atom stereocenters. The molecule has 2 heterocycles. The molecule has 2 N–H and O–H groups in total. The minimum atomic E-state index is -0.916. The predicted molar refractivity (Wildman–Crippen MR) is 135 cm³/mol. The van der Waals surface area contributed by atoms with Gasteiger partial charge in [0, 0.05) is 36.7 Å². The highest BCUT2D eigenvalue weighted by Gasteiger charge is 2.36. The van der Waals surface area contributed by atoms with Gasteiger partial charge in [0.15, 0.2) is 0 Å². The molecule has 1 aliphatic rings. The van der Waals surface area contributed by atoms with E-state index in [1.54, 1.807) is 31.5 Å². The maximum absolute atomic E-state index is 13.2. The second-order valence-corrected chi connectivity index (χ2v) is 10.1. The third-order valence-corrected chi connectivity index (χ3v) is 6.11. The summed E-state index contributed by atoms with van der Waals surface area (Å²) >= 11 is 0. The maximum atomic E-state index is 13.2. The Morgan fingerprint density at radius 2 is 1.78 bits per heavy atom. The number of carbonyl (C=O) groups excluding carboxylic acids is 3. The average Bonchev–Trinajstić information content (AvgIpc) is 3.33. The Morgan fingerprint density at radius 3 is 2.42 bits per heavy atom. The minimum Gasteiger partial charge on any atom is -0.460 e. The molecule has 36 heavy (non-hydrogen) atoms. The van der Waals surface area contributed by atoms with Crippen molar-refractivity contribution in [1.29, 1.82) is 0 Å². The van der Waals surface area contributed by atoms with E-state index >= 15 is 0 Å². The fourth-order valence-electron chi connectivity index (χ4n) is 4.43. The first-order valence-electron chi connectivity index (χ1n) is 11.9. The second kappa shape index (κ2) is 9.56. The van der Waals surface area contributed by atoms with E-state index in [4.69, 9.17) is 10.5 Å². The van der Waals surface area contributed by atoms with E-state index in [1.165, 1.54) is 4.90 Å². The van der Waals surface area contributed by atoms with Crippen molar-refractivity contribution < 1.29 is 19.1 Å². The number of nitrogens with zero attached hydrogens (tertiary/aromatic N) is 4. The van der Waals surface area contributed by atoms with Crippen molar-refractivity contribution in [2.24, 2.45) is 12.8 Å². The van der Waals surface area contributed by atoms with Crippen LogP contribution in [-0.4, -0.2) is 49.3 Å². The summed E-state index contributed by atoms with van der Waals surface area (Å²) in [5.74, 6) is -1.38. The molecular weight excluding hydrogens is 458 g/mol. The lowest BCUT2D eigenvalue weighted by Crippen LogP contribution is -2.45. The summed E-state index contributed by atoms with van der Waals surface area (Å²) in [7, 11) is 1.84. The van der Waals surface area contributed by atoms with Gasteiger partial charge in [0.25, 0.3) is 5.91 Å². The monoisotopic (exact) mass is 489 g/mol. The highest BCUT2D eigenvalue weighted by Crippen LogP contribution is 2.34. The summed E-state index contributed by atoms with van der Waals surface area (Å²) in [4.78, 5) is 39.0. The Labute approximate surface area is 210 Å². The number of primary amides is 1. The standard InChI is InChI=1S/C27H31N5O4/c1-16-6-8-17(9-7-16)24-23(29-30-31(24)5)18-10-11-20-19(14-18)15-32(26(20)35)21(25(28)34)12-13-22(33)36-27(2,3)4/h6-11,14,21H,12-13,15H2,1-5H3,(H2,28,34). The zero-order valence-corrected chi connectivity index (χ0v) is 21.2. The van der Waals surface area contributed by atoms with Crippen LogP contribution in [0.2, 0.25) is 0 Å². The normalized spacial score (nSPS) is 14.0. The van der Waals surface area contributed by atoms with Crippen molar-refractivity contribution in [2.75, 3.05) is 0 Å². The summed E-state index contributed by atoms with van der Waals surface area (Å²) < 4.78 is 7.06. The third-order valence-electron chi connectivity index (χ3n) is 6.11. The first-order chi connectivity index (χ1) is 16.9. The van der Waals surface area contributed by atoms with Gasteiger partial charge in [-0.15, -0.1) is 5.10 Å². The molecule has 0 saturated heterocycles. The number of carbonyl (C=O) groups is 3. The zero-order chi connectivity index (χ0) is 26.2. The fraction of sp³-hybridized carbons (Fsp3) is 0.370. The van der Waals surface area contributed by atoms with Crippen LogP contribution in [0.15, 0.2) is 42.5 Å². The van der Waals surface area contributed by atoms with Crippen LogP contribution in [-0.2, 0) is 27.9 Å². The van der Waals surface area contributed by atoms with Crippen LogP contribution in [0, 0.1) is 6.92 Å². The van der Waals surface area contributed by atoms with Gasteiger partial charge in [-0.25, -0.2) is 4.68 Å². The van der Waals surface area contributed by atoms with Crippen LogP contribution < -0.4 is 5.73 Å². The topological polar surface area (TPSA) is 120 Å². The number of aryl methyl sites for hydroxylation is 2. The van der Waals surface area contributed by atoms with E-state index in [9.17, 15) is 14.4 Å². The van der Waals surface area contributed by atoms with Crippen molar-refractivity contribution in [3.8, 4) is 22.5 Å². The van der Waals surface area contributed by atoms with Crippen molar-refractivity contribution in [3.05, 3.63) is 59.2 Å². The molecule has 0 saturated carbocycles. The van der Waals surface area contributed by atoms with Crippen molar-refractivity contribution in [1.82, 2.24) is 19.9 Å². The number of nitrogens with two attached hydrogens (primary N) is 1. The number of aromatic nitrogens is 3. The molecule has 9 nitrogen and oxygen atoms in total. The number of rotatable bonds is 7. The number of hydrogen-bond acceptors (Lipinski definition) is 6. The molecule has 0 radical (unpaired) electrons. The number of ether oxygens (including phenoxy) is 1. The molecular formula is C27H31N5O4. The lowest BCUT2D eigenvalue weighted by molar-refractivity contribution is -0.155. The quantitative estimate of drug-likeness (QED) is 0.508. The summed E-state index contributed by atoms with van der Waals surface area (Å²) in [6.07, 6.45) is 0.0777. The van der Waals surface area contributed by atoms with Gasteiger partial charge in [0.2, 0.25) is 5.91 Å². The highest BCUT2D eigenvalue weighted by molar-refractivity contribution is 6.01. The largest absolute Gasteiger partial charge is 0.460 e. The molecule has 2 amide bonds. The first kappa shape index (κ1) is 25.1. The van der Waals surface area contributed by atoms with Crippen LogP contribution >= 0.6 is 0 Å².